The van der Waals surface area contributed by atoms with Gasteiger partial charge in [-0.05, 0) is 42.4 Å². The number of aromatic hydroxyl groups is 1. The van der Waals surface area contributed by atoms with Gasteiger partial charge in [-0.3, -0.25) is 0 Å². The van der Waals surface area contributed by atoms with Crippen LogP contribution in [0, 0.1) is 13.8 Å². The molecule has 0 spiro atoms. The van der Waals surface area contributed by atoms with Crippen LogP contribution in [-0.4, -0.2) is 16.8 Å². The van der Waals surface area contributed by atoms with Gasteiger partial charge < -0.3 is 10.2 Å². The molecule has 0 aliphatic rings. The van der Waals surface area contributed by atoms with E-state index in [0.29, 0.717) is 12.2 Å². The van der Waals surface area contributed by atoms with E-state index in [1.807, 2.05) is 39.8 Å². The van der Waals surface area contributed by atoms with Crippen molar-refractivity contribution in [2.24, 2.45) is 0 Å². The Morgan fingerprint density at radius 1 is 1.20 bits per heavy atom. The molecular formula is C13H20O2. The fourth-order valence-corrected chi connectivity index (χ4v) is 1.76. The Hall–Kier alpha value is -1.02. The molecule has 15 heavy (non-hydrogen) atoms. The van der Waals surface area contributed by atoms with Gasteiger partial charge in [0.25, 0.3) is 0 Å². The zero-order chi connectivity index (χ0) is 11.6. The number of hydrogen-bond acceptors (Lipinski definition) is 2. The highest BCUT2D eigenvalue weighted by molar-refractivity contribution is 5.47. The summed E-state index contributed by atoms with van der Waals surface area (Å²) in [5.41, 5.74) is 2.76. The summed E-state index contributed by atoms with van der Waals surface area (Å²) in [5, 5.41) is 19.1. The predicted molar refractivity (Wildman–Crippen MR) is 62.3 cm³/mol. The van der Waals surface area contributed by atoms with Gasteiger partial charge in [0, 0.05) is 6.61 Å². The summed E-state index contributed by atoms with van der Waals surface area (Å²) in [6.07, 6.45) is 0.656. The standard InChI is InChI=1S/C13H20O2/c1-9-5-6-11(12(15)10(9)2)13(3,4)7-8-14/h5-6,14-15H,7-8H2,1-4H3. The lowest BCUT2D eigenvalue weighted by Gasteiger charge is -2.26. The van der Waals surface area contributed by atoms with E-state index in [1.54, 1.807) is 0 Å². The summed E-state index contributed by atoms with van der Waals surface area (Å²) in [5.74, 6) is 0.369. The van der Waals surface area contributed by atoms with E-state index in [-0.39, 0.29) is 12.0 Å². The fourth-order valence-electron chi connectivity index (χ4n) is 1.76. The van der Waals surface area contributed by atoms with Crippen molar-refractivity contribution < 1.29 is 10.2 Å². The third kappa shape index (κ3) is 2.32. The monoisotopic (exact) mass is 208 g/mol. The second-order valence-corrected chi connectivity index (χ2v) is 4.76. The van der Waals surface area contributed by atoms with Crippen LogP contribution in [0.3, 0.4) is 0 Å². The van der Waals surface area contributed by atoms with Crippen LogP contribution >= 0.6 is 0 Å². The van der Waals surface area contributed by atoms with Gasteiger partial charge in [-0.2, -0.15) is 0 Å². The van der Waals surface area contributed by atoms with Crippen LogP contribution in [0.25, 0.3) is 0 Å². The topological polar surface area (TPSA) is 40.5 Å². The Bertz CT molecular complexity index is 354. The van der Waals surface area contributed by atoms with E-state index in [9.17, 15) is 5.11 Å². The third-order valence-corrected chi connectivity index (χ3v) is 3.17. The summed E-state index contributed by atoms with van der Waals surface area (Å²) in [6, 6.07) is 3.97. The second-order valence-electron chi connectivity index (χ2n) is 4.76. The van der Waals surface area contributed by atoms with E-state index in [0.717, 1.165) is 16.7 Å². The first kappa shape index (κ1) is 12.1. The molecule has 0 heterocycles. The average molecular weight is 208 g/mol. The average Bonchev–Trinajstić information content (AvgIpc) is 2.13. The van der Waals surface area contributed by atoms with Crippen LogP contribution in [0.2, 0.25) is 0 Å². The lowest BCUT2D eigenvalue weighted by molar-refractivity contribution is 0.250. The molecule has 0 unspecified atom stereocenters. The minimum absolute atomic E-state index is 0.138. The molecular weight excluding hydrogens is 188 g/mol. The number of aliphatic hydroxyl groups is 1. The van der Waals surface area contributed by atoms with Crippen molar-refractivity contribution in [3.63, 3.8) is 0 Å². The van der Waals surface area contributed by atoms with E-state index < -0.39 is 0 Å². The molecule has 0 amide bonds. The van der Waals surface area contributed by atoms with Crippen molar-refractivity contribution in [1.82, 2.24) is 0 Å². The first-order chi connectivity index (χ1) is 6.90. The summed E-state index contributed by atoms with van der Waals surface area (Å²) >= 11 is 0. The SMILES string of the molecule is Cc1ccc(C(C)(C)CCO)c(O)c1C. The van der Waals surface area contributed by atoms with Gasteiger partial charge in [0.2, 0.25) is 0 Å². The lowest BCUT2D eigenvalue weighted by Crippen LogP contribution is -2.19. The highest BCUT2D eigenvalue weighted by atomic mass is 16.3. The van der Waals surface area contributed by atoms with E-state index in [1.165, 1.54) is 0 Å². The fraction of sp³-hybridized carbons (Fsp3) is 0.538. The van der Waals surface area contributed by atoms with Crippen molar-refractivity contribution in [3.05, 3.63) is 28.8 Å². The second kappa shape index (κ2) is 4.23. The van der Waals surface area contributed by atoms with E-state index in [4.69, 9.17) is 5.11 Å². The maximum atomic E-state index is 10.1. The Labute approximate surface area is 91.6 Å². The summed E-state index contributed by atoms with van der Waals surface area (Å²) in [7, 11) is 0. The van der Waals surface area contributed by atoms with Crippen molar-refractivity contribution in [1.29, 1.82) is 0 Å². The van der Waals surface area contributed by atoms with Gasteiger partial charge in [0.05, 0.1) is 0 Å². The number of hydrogen-bond donors (Lipinski definition) is 2. The van der Waals surface area contributed by atoms with Gasteiger partial charge in [-0.25, -0.2) is 0 Å². The Morgan fingerprint density at radius 2 is 1.80 bits per heavy atom. The molecule has 1 aromatic carbocycles. The molecule has 84 valence electrons. The third-order valence-electron chi connectivity index (χ3n) is 3.17. The smallest absolute Gasteiger partial charge is 0.122 e. The molecule has 0 atom stereocenters. The molecule has 0 saturated heterocycles. The zero-order valence-electron chi connectivity index (χ0n) is 9.96. The molecule has 0 fully saturated rings. The maximum Gasteiger partial charge on any atom is 0.122 e. The molecule has 0 saturated carbocycles. The van der Waals surface area contributed by atoms with Crippen LogP contribution in [-0.2, 0) is 5.41 Å². The van der Waals surface area contributed by atoms with Crippen LogP contribution in [0.15, 0.2) is 12.1 Å². The minimum Gasteiger partial charge on any atom is -0.507 e. The maximum absolute atomic E-state index is 10.1. The van der Waals surface area contributed by atoms with Crippen molar-refractivity contribution >= 4 is 0 Å². The molecule has 0 aromatic heterocycles. The predicted octanol–water partition coefficient (Wildman–Crippen LogP) is 2.67. The molecule has 0 bridgehead atoms. The number of phenols is 1. The first-order valence-corrected chi connectivity index (χ1v) is 5.30. The summed E-state index contributed by atoms with van der Waals surface area (Å²) in [4.78, 5) is 0. The largest absolute Gasteiger partial charge is 0.507 e. The molecule has 2 N–H and O–H groups in total. The highest BCUT2D eigenvalue weighted by Gasteiger charge is 2.24. The van der Waals surface area contributed by atoms with Crippen molar-refractivity contribution in [2.45, 2.75) is 39.5 Å². The molecule has 0 aliphatic carbocycles. The lowest BCUT2D eigenvalue weighted by atomic mass is 9.80. The van der Waals surface area contributed by atoms with Gasteiger partial charge in [0.15, 0.2) is 0 Å². The number of benzene rings is 1. The van der Waals surface area contributed by atoms with E-state index >= 15 is 0 Å². The normalized spacial score (nSPS) is 11.8. The Morgan fingerprint density at radius 3 is 2.33 bits per heavy atom. The molecule has 0 aliphatic heterocycles. The Kier molecular flexibility index (Phi) is 3.40. The van der Waals surface area contributed by atoms with Gasteiger partial charge >= 0.3 is 0 Å². The number of aliphatic hydroxyl groups excluding tert-OH is 1. The summed E-state index contributed by atoms with van der Waals surface area (Å²) < 4.78 is 0. The van der Waals surface area contributed by atoms with Crippen molar-refractivity contribution in [2.75, 3.05) is 6.61 Å². The van der Waals surface area contributed by atoms with Gasteiger partial charge in [-0.15, -0.1) is 0 Å². The summed E-state index contributed by atoms with van der Waals surface area (Å²) in [6.45, 7) is 8.11. The highest BCUT2D eigenvalue weighted by Crippen LogP contribution is 2.36. The molecule has 0 radical (unpaired) electrons. The van der Waals surface area contributed by atoms with Crippen LogP contribution in [0.5, 0.6) is 5.75 Å². The molecule has 2 nitrogen and oxygen atoms in total. The number of phenolic OH excluding ortho intramolecular Hbond substituents is 1. The first-order valence-electron chi connectivity index (χ1n) is 5.30. The van der Waals surface area contributed by atoms with E-state index in [2.05, 4.69) is 0 Å². The van der Waals surface area contributed by atoms with Gasteiger partial charge in [0.1, 0.15) is 5.75 Å². The number of rotatable bonds is 3. The van der Waals surface area contributed by atoms with Crippen LogP contribution < -0.4 is 0 Å². The quantitative estimate of drug-likeness (QED) is 0.801. The number of aryl methyl sites for hydroxylation is 1. The van der Waals surface area contributed by atoms with Crippen molar-refractivity contribution in [3.8, 4) is 5.75 Å². The molecule has 2 heteroatoms. The van der Waals surface area contributed by atoms with Crippen LogP contribution in [0.4, 0.5) is 0 Å². The van der Waals surface area contributed by atoms with Gasteiger partial charge in [-0.1, -0.05) is 26.0 Å². The van der Waals surface area contributed by atoms with Crippen LogP contribution in [0.1, 0.15) is 37.0 Å². The molecule has 1 aromatic rings. The molecule has 1 rings (SSSR count). The Balaban J connectivity index is 3.21. The minimum atomic E-state index is -0.183. The zero-order valence-corrected chi connectivity index (χ0v) is 9.96.